The van der Waals surface area contributed by atoms with Gasteiger partial charge in [0.2, 0.25) is 0 Å². The first kappa shape index (κ1) is 12.5. The minimum Gasteiger partial charge on any atom is -0.465 e. The zero-order chi connectivity index (χ0) is 13.3. The summed E-state index contributed by atoms with van der Waals surface area (Å²) in [6.45, 7) is 8.24. The number of rotatable bonds is 2. The molecule has 0 amide bonds. The lowest BCUT2D eigenvalue weighted by Gasteiger charge is -2.19. The lowest BCUT2D eigenvalue weighted by Crippen LogP contribution is -2.13. The van der Waals surface area contributed by atoms with Crippen molar-refractivity contribution in [3.05, 3.63) is 30.0 Å². The summed E-state index contributed by atoms with van der Waals surface area (Å²) in [4.78, 5) is 20.2. The van der Waals surface area contributed by atoms with Crippen LogP contribution >= 0.6 is 0 Å². The Morgan fingerprint density at radius 1 is 1.50 bits per heavy atom. The van der Waals surface area contributed by atoms with Gasteiger partial charge in [-0.3, -0.25) is 0 Å². The van der Waals surface area contributed by atoms with Crippen molar-refractivity contribution in [3.8, 4) is 0 Å². The molecule has 0 unspecified atom stereocenters. The molecular weight excluding hydrogens is 228 g/mol. The quantitative estimate of drug-likeness (QED) is 0.751. The number of aromatic nitrogens is 1. The predicted molar refractivity (Wildman–Crippen MR) is 71.2 cm³/mol. The fourth-order valence-corrected chi connectivity index (χ4v) is 1.86. The Bertz CT molecular complexity index is 545. The van der Waals surface area contributed by atoms with Crippen LogP contribution in [0.3, 0.4) is 0 Å². The van der Waals surface area contributed by atoms with Crippen molar-refractivity contribution < 1.29 is 9.53 Å². The second-order valence-electron chi connectivity index (χ2n) is 4.62. The molecule has 0 atom stereocenters. The van der Waals surface area contributed by atoms with Gasteiger partial charge in [0.05, 0.1) is 12.7 Å². The minimum absolute atomic E-state index is 0.372. The Morgan fingerprint density at radius 2 is 2.22 bits per heavy atom. The number of esters is 1. The fraction of sp³-hybridized carbons (Fsp3) is 0.357. The van der Waals surface area contributed by atoms with Crippen LogP contribution in [0.5, 0.6) is 0 Å². The Hall–Kier alpha value is -1.97. The second kappa shape index (κ2) is 4.72. The van der Waals surface area contributed by atoms with Crippen LogP contribution < -0.4 is 0 Å². The van der Waals surface area contributed by atoms with E-state index in [2.05, 4.69) is 35.1 Å². The summed E-state index contributed by atoms with van der Waals surface area (Å²) < 4.78 is 4.68. The van der Waals surface area contributed by atoms with Crippen molar-refractivity contribution in [2.75, 3.05) is 7.11 Å². The van der Waals surface area contributed by atoms with Gasteiger partial charge in [-0.1, -0.05) is 20.4 Å². The molecule has 0 saturated carbocycles. The summed E-state index contributed by atoms with van der Waals surface area (Å²) in [6, 6.07) is 1.75. The summed E-state index contributed by atoms with van der Waals surface area (Å²) in [5.74, 6) is 0.622. The van der Waals surface area contributed by atoms with E-state index in [1.165, 1.54) is 13.3 Å². The molecule has 4 heteroatoms. The summed E-state index contributed by atoms with van der Waals surface area (Å²) >= 11 is 0. The number of hydrogen-bond donors (Lipinski definition) is 0. The molecule has 1 aliphatic heterocycles. The highest BCUT2D eigenvalue weighted by Gasteiger charge is 2.20. The zero-order valence-corrected chi connectivity index (χ0v) is 10.9. The number of aliphatic imine (C=N–C) groups is 1. The molecule has 2 heterocycles. The molecule has 0 radical (unpaired) electrons. The molecule has 94 valence electrons. The Kier molecular flexibility index (Phi) is 3.28. The van der Waals surface area contributed by atoms with E-state index in [0.717, 1.165) is 23.3 Å². The highest BCUT2D eigenvalue weighted by molar-refractivity contribution is 6.01. The zero-order valence-electron chi connectivity index (χ0n) is 10.9. The van der Waals surface area contributed by atoms with Gasteiger partial charge in [0, 0.05) is 23.9 Å². The number of carbonyl (C=O) groups is 1. The molecule has 0 aliphatic carbocycles. The van der Waals surface area contributed by atoms with E-state index in [-0.39, 0.29) is 0 Å². The van der Waals surface area contributed by atoms with Crippen molar-refractivity contribution in [1.29, 1.82) is 0 Å². The van der Waals surface area contributed by atoms with E-state index < -0.39 is 5.97 Å². The molecule has 0 spiro atoms. The van der Waals surface area contributed by atoms with E-state index in [1.807, 2.05) is 0 Å². The first-order chi connectivity index (χ1) is 8.52. The second-order valence-corrected chi connectivity index (χ2v) is 4.62. The first-order valence-corrected chi connectivity index (χ1v) is 5.87. The van der Waals surface area contributed by atoms with Crippen LogP contribution in [0.15, 0.2) is 23.8 Å². The van der Waals surface area contributed by atoms with Crippen LogP contribution in [0.4, 0.5) is 5.82 Å². The molecule has 0 aromatic carbocycles. The minimum atomic E-state index is -0.392. The molecule has 18 heavy (non-hydrogen) atoms. The maximum atomic E-state index is 11.5. The van der Waals surface area contributed by atoms with Crippen LogP contribution in [0.1, 0.15) is 36.2 Å². The normalized spacial score (nSPS) is 14.2. The Balaban J connectivity index is 2.47. The van der Waals surface area contributed by atoms with Crippen LogP contribution in [0.2, 0.25) is 0 Å². The van der Waals surface area contributed by atoms with Crippen molar-refractivity contribution in [1.82, 2.24) is 4.98 Å². The van der Waals surface area contributed by atoms with E-state index in [9.17, 15) is 4.79 Å². The largest absolute Gasteiger partial charge is 0.465 e. The van der Waals surface area contributed by atoms with Crippen molar-refractivity contribution in [3.63, 3.8) is 0 Å². The van der Waals surface area contributed by atoms with Gasteiger partial charge in [-0.2, -0.15) is 0 Å². The van der Waals surface area contributed by atoms with E-state index in [0.29, 0.717) is 17.3 Å². The predicted octanol–water partition coefficient (Wildman–Crippen LogP) is 3.01. The standard InChI is InChI=1S/C14H16N2O2/c1-8(2)12-5-9(3)11-6-10(14(17)18-4)7-15-13(11)16-12/h6-8H,3,5H2,1-2,4H3. The number of methoxy groups -OCH3 is 1. The van der Waals surface area contributed by atoms with Crippen molar-refractivity contribution in [2.45, 2.75) is 20.3 Å². The van der Waals surface area contributed by atoms with E-state index >= 15 is 0 Å². The van der Waals surface area contributed by atoms with Gasteiger partial charge < -0.3 is 4.74 Å². The molecule has 1 aromatic heterocycles. The molecule has 0 saturated heterocycles. The van der Waals surface area contributed by atoms with Gasteiger partial charge >= 0.3 is 5.97 Å². The summed E-state index contributed by atoms with van der Waals surface area (Å²) in [5, 5.41) is 0. The fourth-order valence-electron chi connectivity index (χ4n) is 1.86. The molecular formula is C14H16N2O2. The summed E-state index contributed by atoms with van der Waals surface area (Å²) in [7, 11) is 1.35. The van der Waals surface area contributed by atoms with Crippen LogP contribution in [0, 0.1) is 5.92 Å². The van der Waals surface area contributed by atoms with Crippen LogP contribution in [-0.2, 0) is 4.74 Å². The number of nitrogens with zero attached hydrogens (tertiary/aromatic N) is 2. The molecule has 0 fully saturated rings. The van der Waals surface area contributed by atoms with Gasteiger partial charge in [0.25, 0.3) is 0 Å². The third-order valence-electron chi connectivity index (χ3n) is 2.98. The number of fused-ring (bicyclic) bond motifs is 1. The Morgan fingerprint density at radius 3 is 2.83 bits per heavy atom. The smallest absolute Gasteiger partial charge is 0.339 e. The average molecular weight is 244 g/mol. The molecule has 1 aromatic rings. The number of ether oxygens (including phenoxy) is 1. The maximum Gasteiger partial charge on any atom is 0.339 e. The average Bonchev–Trinajstić information content (AvgIpc) is 2.37. The van der Waals surface area contributed by atoms with Gasteiger partial charge in [-0.15, -0.1) is 0 Å². The van der Waals surface area contributed by atoms with Crippen molar-refractivity contribution in [2.24, 2.45) is 10.9 Å². The molecule has 0 bridgehead atoms. The van der Waals surface area contributed by atoms with Gasteiger partial charge in [0.1, 0.15) is 0 Å². The molecule has 4 nitrogen and oxygen atoms in total. The monoisotopic (exact) mass is 244 g/mol. The maximum absolute atomic E-state index is 11.5. The summed E-state index contributed by atoms with van der Waals surface area (Å²) in [5.41, 5.74) is 3.29. The highest BCUT2D eigenvalue weighted by Crippen LogP contribution is 2.33. The van der Waals surface area contributed by atoms with Gasteiger partial charge in [-0.25, -0.2) is 14.8 Å². The number of hydrogen-bond acceptors (Lipinski definition) is 4. The Labute approximate surface area is 106 Å². The lowest BCUT2D eigenvalue weighted by atomic mass is 9.93. The number of pyridine rings is 1. The van der Waals surface area contributed by atoms with Crippen LogP contribution in [0.25, 0.3) is 5.57 Å². The third-order valence-corrected chi connectivity index (χ3v) is 2.98. The molecule has 1 aliphatic rings. The topological polar surface area (TPSA) is 51.5 Å². The lowest BCUT2D eigenvalue weighted by molar-refractivity contribution is 0.0600. The van der Waals surface area contributed by atoms with E-state index in [4.69, 9.17) is 0 Å². The third kappa shape index (κ3) is 2.18. The first-order valence-electron chi connectivity index (χ1n) is 5.87. The van der Waals surface area contributed by atoms with Crippen molar-refractivity contribution >= 4 is 23.1 Å². The number of allylic oxidation sites excluding steroid dienone is 1. The molecule has 2 rings (SSSR count). The van der Waals surface area contributed by atoms with Gasteiger partial charge in [0.15, 0.2) is 5.82 Å². The number of carbonyl (C=O) groups excluding carboxylic acids is 1. The summed E-state index contributed by atoms with van der Waals surface area (Å²) in [6.07, 6.45) is 2.22. The highest BCUT2D eigenvalue weighted by atomic mass is 16.5. The molecule has 0 N–H and O–H groups in total. The SMILES string of the molecule is C=C1CC(C(C)C)=Nc2ncc(C(=O)OC)cc21. The van der Waals surface area contributed by atoms with E-state index in [1.54, 1.807) is 6.07 Å². The van der Waals surface area contributed by atoms with Crippen LogP contribution in [-0.4, -0.2) is 23.8 Å². The van der Waals surface area contributed by atoms with Gasteiger partial charge in [-0.05, 0) is 17.6 Å².